The summed E-state index contributed by atoms with van der Waals surface area (Å²) in [6.45, 7) is 3.43. The fraction of sp³-hybridized carbons (Fsp3) is 0.810. The van der Waals surface area contributed by atoms with Crippen molar-refractivity contribution in [3.05, 3.63) is 17.4 Å². The molecule has 0 aliphatic carbocycles. The molecule has 0 aliphatic rings. The lowest BCUT2D eigenvalue weighted by Crippen LogP contribution is -2.29. The van der Waals surface area contributed by atoms with Gasteiger partial charge in [-0.25, -0.2) is 0 Å². The second-order valence-electron chi connectivity index (χ2n) is 6.91. The van der Waals surface area contributed by atoms with Gasteiger partial charge in [-0.2, -0.15) is 0 Å². The van der Waals surface area contributed by atoms with Gasteiger partial charge in [0.05, 0.1) is 7.11 Å². The maximum Gasteiger partial charge on any atom is 0.325 e. The molecule has 0 atom stereocenters. The van der Waals surface area contributed by atoms with Gasteiger partial charge in [0.25, 0.3) is 0 Å². The SMILES string of the molecule is CCCCCN([O-])CCCC/C=C\CCCCCCC(=O)NCC(=O)OC. The third kappa shape index (κ3) is 19.2. The molecular formula is C21H39N2O4-. The highest BCUT2D eigenvalue weighted by Crippen LogP contribution is 2.07. The van der Waals surface area contributed by atoms with Crippen molar-refractivity contribution in [1.82, 2.24) is 10.4 Å². The number of allylic oxidation sites excluding steroid dienone is 2. The summed E-state index contributed by atoms with van der Waals surface area (Å²) in [4.78, 5) is 22.4. The van der Waals surface area contributed by atoms with E-state index in [1.54, 1.807) is 0 Å². The first-order chi connectivity index (χ1) is 13.1. The minimum atomic E-state index is -0.424. The van der Waals surface area contributed by atoms with Gasteiger partial charge in [-0.3, -0.25) is 9.59 Å². The van der Waals surface area contributed by atoms with Crippen molar-refractivity contribution >= 4 is 11.9 Å². The monoisotopic (exact) mass is 383 g/mol. The average Bonchev–Trinajstić information content (AvgIpc) is 2.67. The van der Waals surface area contributed by atoms with Crippen molar-refractivity contribution < 1.29 is 14.3 Å². The molecule has 0 saturated heterocycles. The summed E-state index contributed by atoms with van der Waals surface area (Å²) < 4.78 is 4.46. The van der Waals surface area contributed by atoms with Gasteiger partial charge in [0.15, 0.2) is 0 Å². The molecule has 0 bridgehead atoms. The Hall–Kier alpha value is -1.40. The number of ether oxygens (including phenoxy) is 1. The number of nitrogens with one attached hydrogen (secondary N) is 1. The van der Waals surface area contributed by atoms with Gasteiger partial charge in [0, 0.05) is 6.42 Å². The quantitative estimate of drug-likeness (QED) is 0.165. The Morgan fingerprint density at radius 3 is 2.15 bits per heavy atom. The number of carbonyl (C=O) groups is 2. The lowest BCUT2D eigenvalue weighted by atomic mass is 10.1. The van der Waals surface area contributed by atoms with Crippen LogP contribution in [0.1, 0.15) is 84.0 Å². The van der Waals surface area contributed by atoms with E-state index in [1.807, 2.05) is 0 Å². The van der Waals surface area contributed by atoms with Crippen LogP contribution in [-0.4, -0.2) is 43.7 Å². The maximum absolute atomic E-state index is 11.6. The summed E-state index contributed by atoms with van der Waals surface area (Å²) in [5.74, 6) is -0.519. The zero-order valence-corrected chi connectivity index (χ0v) is 17.3. The van der Waals surface area contributed by atoms with Crippen molar-refractivity contribution in [2.24, 2.45) is 0 Å². The summed E-state index contributed by atoms with van der Waals surface area (Å²) >= 11 is 0. The van der Waals surface area contributed by atoms with Gasteiger partial charge in [-0.1, -0.05) is 44.8 Å². The minimum absolute atomic E-state index is 0.0498. The standard InChI is InChI=1S/C21H39N2O4/c1-3-4-14-17-23(26)18-15-12-10-8-6-5-7-9-11-13-16-20(24)22-19-21(25)27-2/h6,8H,3-5,7,9-19H2,1-2H3,(H,22,24)/q-1/b8-6-. The van der Waals surface area contributed by atoms with Gasteiger partial charge in [-0.05, 0) is 58.0 Å². The van der Waals surface area contributed by atoms with Crippen LogP contribution >= 0.6 is 0 Å². The van der Waals surface area contributed by atoms with Gasteiger partial charge < -0.3 is 20.3 Å². The third-order valence-electron chi connectivity index (χ3n) is 4.39. The highest BCUT2D eigenvalue weighted by molar-refractivity contribution is 5.81. The Morgan fingerprint density at radius 2 is 1.52 bits per heavy atom. The zero-order valence-electron chi connectivity index (χ0n) is 17.3. The third-order valence-corrected chi connectivity index (χ3v) is 4.39. The Morgan fingerprint density at radius 1 is 0.926 bits per heavy atom. The smallest absolute Gasteiger partial charge is 0.325 e. The molecule has 0 fully saturated rings. The second-order valence-corrected chi connectivity index (χ2v) is 6.91. The first kappa shape index (κ1) is 25.6. The number of methoxy groups -OCH3 is 1. The molecule has 0 spiro atoms. The van der Waals surface area contributed by atoms with Crippen molar-refractivity contribution in [1.29, 1.82) is 0 Å². The van der Waals surface area contributed by atoms with Gasteiger partial charge >= 0.3 is 5.97 Å². The molecule has 0 radical (unpaired) electrons. The van der Waals surface area contributed by atoms with Crippen molar-refractivity contribution in [3.63, 3.8) is 0 Å². The number of hydroxylamine groups is 2. The van der Waals surface area contributed by atoms with Crippen LogP contribution in [0.5, 0.6) is 0 Å². The number of nitrogens with zero attached hydrogens (tertiary/aromatic N) is 1. The Balaban J connectivity index is 3.33. The van der Waals surface area contributed by atoms with Crippen LogP contribution < -0.4 is 5.32 Å². The van der Waals surface area contributed by atoms with Crippen LogP contribution in [0.4, 0.5) is 0 Å². The predicted octanol–water partition coefficient (Wildman–Crippen LogP) is 4.33. The van der Waals surface area contributed by atoms with E-state index in [4.69, 9.17) is 0 Å². The molecule has 1 N–H and O–H groups in total. The molecule has 1 amide bonds. The molecule has 0 aromatic carbocycles. The summed E-state index contributed by atoms with van der Waals surface area (Å²) in [5.41, 5.74) is 0. The largest absolute Gasteiger partial charge is 0.785 e. The predicted molar refractivity (Wildman–Crippen MR) is 110 cm³/mol. The first-order valence-corrected chi connectivity index (χ1v) is 10.5. The molecular weight excluding hydrogens is 344 g/mol. The van der Waals surface area contributed by atoms with E-state index in [0.717, 1.165) is 70.6 Å². The molecule has 27 heavy (non-hydrogen) atoms. The summed E-state index contributed by atoms with van der Waals surface area (Å²) in [6.07, 6.45) is 16.5. The summed E-state index contributed by atoms with van der Waals surface area (Å²) in [6, 6.07) is 0. The molecule has 0 aliphatic heterocycles. The number of rotatable bonds is 18. The van der Waals surface area contributed by atoms with Crippen molar-refractivity contribution in [3.8, 4) is 0 Å². The summed E-state index contributed by atoms with van der Waals surface area (Å²) in [5, 5.41) is 15.3. The van der Waals surface area contributed by atoms with Crippen LogP contribution in [-0.2, 0) is 14.3 Å². The van der Waals surface area contributed by atoms with Crippen LogP contribution in [0, 0.1) is 5.21 Å². The fourth-order valence-corrected chi connectivity index (χ4v) is 2.67. The molecule has 6 nitrogen and oxygen atoms in total. The lowest BCUT2D eigenvalue weighted by molar-refractivity contribution is -0.141. The van der Waals surface area contributed by atoms with E-state index >= 15 is 0 Å². The van der Waals surface area contributed by atoms with Crippen LogP contribution in [0.25, 0.3) is 0 Å². The van der Waals surface area contributed by atoms with Crippen molar-refractivity contribution in [2.45, 2.75) is 84.0 Å². The van der Waals surface area contributed by atoms with Gasteiger partial charge in [0.1, 0.15) is 6.54 Å². The molecule has 0 rings (SSSR count). The number of esters is 1. The highest BCUT2D eigenvalue weighted by atomic mass is 16.5. The number of carbonyl (C=O) groups excluding carboxylic acids is 2. The van der Waals surface area contributed by atoms with Crippen molar-refractivity contribution in [2.75, 3.05) is 26.7 Å². The van der Waals surface area contributed by atoms with E-state index in [0.29, 0.717) is 19.5 Å². The average molecular weight is 384 g/mol. The second kappa shape index (κ2) is 19.4. The van der Waals surface area contributed by atoms with E-state index in [-0.39, 0.29) is 12.5 Å². The molecule has 0 aromatic rings. The normalized spacial score (nSPS) is 11.3. The summed E-state index contributed by atoms with van der Waals surface area (Å²) in [7, 11) is 1.30. The van der Waals surface area contributed by atoms with E-state index in [1.165, 1.54) is 12.2 Å². The molecule has 0 saturated carbocycles. The number of hydrogen-bond donors (Lipinski definition) is 1. The van der Waals surface area contributed by atoms with E-state index in [2.05, 4.69) is 29.1 Å². The molecule has 0 heterocycles. The Bertz CT molecular complexity index is 400. The van der Waals surface area contributed by atoms with Gasteiger partial charge in [-0.15, -0.1) is 0 Å². The van der Waals surface area contributed by atoms with E-state index < -0.39 is 5.97 Å². The lowest BCUT2D eigenvalue weighted by Gasteiger charge is -2.27. The molecule has 0 unspecified atom stereocenters. The number of unbranched alkanes of at least 4 members (excludes halogenated alkanes) is 8. The van der Waals surface area contributed by atoms with Gasteiger partial charge in [0.2, 0.25) is 5.91 Å². The topological polar surface area (TPSA) is 81.7 Å². The van der Waals surface area contributed by atoms with Crippen LogP contribution in [0.2, 0.25) is 0 Å². The number of hydrogen-bond acceptors (Lipinski definition) is 5. The Kier molecular flexibility index (Phi) is 18.4. The van der Waals surface area contributed by atoms with Crippen LogP contribution in [0.3, 0.4) is 0 Å². The first-order valence-electron chi connectivity index (χ1n) is 10.5. The molecule has 158 valence electrons. The fourth-order valence-electron chi connectivity index (χ4n) is 2.67. The molecule has 0 aromatic heterocycles. The Labute approximate surface area is 165 Å². The highest BCUT2D eigenvalue weighted by Gasteiger charge is 2.04. The van der Waals surface area contributed by atoms with E-state index in [9.17, 15) is 14.8 Å². The maximum atomic E-state index is 11.6. The molecule has 6 heteroatoms. The van der Waals surface area contributed by atoms with Crippen LogP contribution in [0.15, 0.2) is 12.2 Å². The minimum Gasteiger partial charge on any atom is -0.785 e. The zero-order chi connectivity index (χ0) is 20.2. The number of amides is 1.